The van der Waals surface area contributed by atoms with Gasteiger partial charge < -0.3 is 10.5 Å². The molecular weight excluding hydrogens is 296 g/mol. The molecule has 2 nitrogen and oxygen atoms in total. The lowest BCUT2D eigenvalue weighted by molar-refractivity contribution is -0.0466. The van der Waals surface area contributed by atoms with Crippen molar-refractivity contribution >= 4 is 11.6 Å². The first kappa shape index (κ1) is 15.7. The Morgan fingerprint density at radius 2 is 1.86 bits per heavy atom. The number of benzene rings is 2. The van der Waals surface area contributed by atoms with Crippen molar-refractivity contribution in [1.82, 2.24) is 0 Å². The highest BCUT2D eigenvalue weighted by Gasteiger charge is 2.32. The van der Waals surface area contributed by atoms with E-state index in [1.807, 2.05) is 6.92 Å². The minimum atomic E-state index is -3.08. The first-order chi connectivity index (χ1) is 9.90. The summed E-state index contributed by atoms with van der Waals surface area (Å²) in [6.07, 6.45) is 0. The molecule has 21 heavy (non-hydrogen) atoms. The van der Waals surface area contributed by atoms with Crippen LogP contribution in [0.2, 0.25) is 5.02 Å². The molecule has 5 heteroatoms. The van der Waals surface area contributed by atoms with Gasteiger partial charge in [0.05, 0.1) is 5.02 Å². The number of hydrogen-bond donors (Lipinski definition) is 1. The Bertz CT molecular complexity index is 602. The monoisotopic (exact) mass is 311 g/mol. The van der Waals surface area contributed by atoms with Crippen LogP contribution in [0.3, 0.4) is 0 Å². The first-order valence-electron chi connectivity index (χ1n) is 6.51. The van der Waals surface area contributed by atoms with Crippen LogP contribution < -0.4 is 10.5 Å². The normalized spacial score (nSPS) is 13.0. The summed E-state index contributed by atoms with van der Waals surface area (Å²) in [5, 5.41) is 0.272. The molecule has 0 unspecified atom stereocenters. The average Bonchev–Trinajstić information content (AvgIpc) is 2.46. The largest absolute Gasteiger partial charge is 0.485 e. The van der Waals surface area contributed by atoms with Crippen LogP contribution in [-0.4, -0.2) is 6.61 Å². The summed E-state index contributed by atoms with van der Waals surface area (Å²) in [4.78, 5) is 0. The lowest BCUT2D eigenvalue weighted by Crippen LogP contribution is -2.23. The second-order valence-corrected chi connectivity index (χ2v) is 5.24. The Morgan fingerprint density at radius 3 is 2.43 bits per heavy atom. The van der Waals surface area contributed by atoms with Gasteiger partial charge in [-0.25, -0.2) is 0 Å². The van der Waals surface area contributed by atoms with Gasteiger partial charge in [0, 0.05) is 11.6 Å². The zero-order valence-corrected chi connectivity index (χ0v) is 12.3. The van der Waals surface area contributed by atoms with Crippen molar-refractivity contribution < 1.29 is 13.5 Å². The summed E-state index contributed by atoms with van der Waals surface area (Å²) < 4.78 is 33.2. The number of hydrogen-bond acceptors (Lipinski definition) is 2. The van der Waals surface area contributed by atoms with Crippen LogP contribution in [0.15, 0.2) is 48.5 Å². The van der Waals surface area contributed by atoms with Gasteiger partial charge in [-0.1, -0.05) is 48.0 Å². The molecule has 2 rings (SSSR count). The molecule has 2 aromatic carbocycles. The van der Waals surface area contributed by atoms with Gasteiger partial charge in [-0.2, -0.15) is 8.78 Å². The second-order valence-electron chi connectivity index (χ2n) is 4.84. The second kappa shape index (κ2) is 6.41. The molecule has 0 bridgehead atoms. The molecule has 0 amide bonds. The quantitative estimate of drug-likeness (QED) is 0.880. The fourth-order valence-electron chi connectivity index (χ4n) is 1.85. The highest BCUT2D eigenvalue weighted by atomic mass is 35.5. The number of halogens is 3. The zero-order valence-electron chi connectivity index (χ0n) is 11.5. The van der Waals surface area contributed by atoms with E-state index >= 15 is 0 Å². The Morgan fingerprint density at radius 1 is 1.19 bits per heavy atom. The molecule has 2 N–H and O–H groups in total. The molecule has 0 fully saturated rings. The third kappa shape index (κ3) is 3.93. The maximum atomic E-state index is 14.0. The van der Waals surface area contributed by atoms with E-state index in [0.29, 0.717) is 0 Å². The van der Waals surface area contributed by atoms with Crippen LogP contribution in [0.1, 0.15) is 24.1 Å². The highest BCUT2D eigenvalue weighted by molar-refractivity contribution is 6.32. The van der Waals surface area contributed by atoms with E-state index in [0.717, 1.165) is 5.56 Å². The van der Waals surface area contributed by atoms with Crippen LogP contribution in [0.5, 0.6) is 5.75 Å². The molecule has 112 valence electrons. The fourth-order valence-corrected chi connectivity index (χ4v) is 2.09. The smallest absolute Gasteiger partial charge is 0.306 e. The molecule has 0 saturated carbocycles. The van der Waals surface area contributed by atoms with Crippen molar-refractivity contribution in [1.29, 1.82) is 0 Å². The van der Waals surface area contributed by atoms with E-state index in [2.05, 4.69) is 0 Å². The van der Waals surface area contributed by atoms with Crippen molar-refractivity contribution in [2.24, 2.45) is 5.73 Å². The topological polar surface area (TPSA) is 35.2 Å². The van der Waals surface area contributed by atoms with Gasteiger partial charge in [-0.3, -0.25) is 0 Å². The van der Waals surface area contributed by atoms with Gasteiger partial charge in [-0.05, 0) is 24.6 Å². The zero-order chi connectivity index (χ0) is 15.5. The molecule has 0 spiro atoms. The lowest BCUT2D eigenvalue weighted by atomic mass is 10.1. The highest BCUT2D eigenvalue weighted by Crippen LogP contribution is 2.32. The summed E-state index contributed by atoms with van der Waals surface area (Å²) in [7, 11) is 0. The minimum absolute atomic E-state index is 0.0895. The Balaban J connectivity index is 2.09. The van der Waals surface area contributed by atoms with Gasteiger partial charge in [0.2, 0.25) is 0 Å². The fraction of sp³-hybridized carbons (Fsp3) is 0.250. The molecule has 0 radical (unpaired) electrons. The number of rotatable bonds is 5. The van der Waals surface area contributed by atoms with Gasteiger partial charge in [0.25, 0.3) is 0 Å². The van der Waals surface area contributed by atoms with Crippen LogP contribution in [-0.2, 0) is 5.92 Å². The van der Waals surface area contributed by atoms with E-state index in [1.54, 1.807) is 36.4 Å². The Hall–Kier alpha value is -1.65. The van der Waals surface area contributed by atoms with Crippen LogP contribution in [0.25, 0.3) is 0 Å². The number of nitrogens with two attached hydrogens (primary N) is 1. The Labute approximate surface area is 127 Å². The molecular formula is C16H16ClF2NO. The lowest BCUT2D eigenvalue weighted by Gasteiger charge is -2.18. The molecule has 0 aliphatic heterocycles. The summed E-state index contributed by atoms with van der Waals surface area (Å²) in [6.45, 7) is 1.05. The van der Waals surface area contributed by atoms with Gasteiger partial charge in [-0.15, -0.1) is 0 Å². The summed E-state index contributed by atoms with van der Waals surface area (Å²) in [6, 6.07) is 12.3. The minimum Gasteiger partial charge on any atom is -0.485 e. The van der Waals surface area contributed by atoms with Gasteiger partial charge >= 0.3 is 5.92 Å². The molecule has 1 atom stereocenters. The van der Waals surface area contributed by atoms with Crippen molar-refractivity contribution in [3.8, 4) is 5.75 Å². The van der Waals surface area contributed by atoms with Crippen LogP contribution in [0.4, 0.5) is 8.78 Å². The van der Waals surface area contributed by atoms with Gasteiger partial charge in [0.1, 0.15) is 5.75 Å². The molecule has 0 aliphatic carbocycles. The SMILES string of the molecule is C[C@@H](N)c1ccc(OCC(F)(F)c2ccccc2)c(Cl)c1. The molecule has 0 aliphatic rings. The first-order valence-corrected chi connectivity index (χ1v) is 6.89. The summed E-state index contributed by atoms with van der Waals surface area (Å²) in [5.74, 6) is -2.86. The van der Waals surface area contributed by atoms with Crippen molar-refractivity contribution in [3.05, 3.63) is 64.7 Å². The van der Waals surface area contributed by atoms with Gasteiger partial charge in [0.15, 0.2) is 6.61 Å². The molecule has 0 aromatic heterocycles. The van der Waals surface area contributed by atoms with Crippen LogP contribution in [0, 0.1) is 0 Å². The average molecular weight is 312 g/mol. The maximum Gasteiger partial charge on any atom is 0.306 e. The van der Waals surface area contributed by atoms with Crippen LogP contribution >= 0.6 is 11.6 Å². The van der Waals surface area contributed by atoms with Crippen molar-refractivity contribution in [2.75, 3.05) is 6.61 Å². The molecule has 2 aromatic rings. The predicted octanol–water partition coefficient (Wildman–Crippen LogP) is 4.53. The third-order valence-electron chi connectivity index (χ3n) is 3.09. The summed E-state index contributed by atoms with van der Waals surface area (Å²) >= 11 is 6.02. The van der Waals surface area contributed by atoms with E-state index in [1.165, 1.54) is 12.1 Å². The van der Waals surface area contributed by atoms with E-state index in [4.69, 9.17) is 22.1 Å². The standard InChI is InChI=1S/C16H16ClF2NO/c1-11(20)12-7-8-15(14(17)9-12)21-10-16(18,19)13-5-3-2-4-6-13/h2-9,11H,10,20H2,1H3/t11-/m1/s1. The molecule has 0 saturated heterocycles. The third-order valence-corrected chi connectivity index (χ3v) is 3.38. The van der Waals surface area contributed by atoms with Crippen molar-refractivity contribution in [2.45, 2.75) is 18.9 Å². The number of alkyl halides is 2. The van der Waals surface area contributed by atoms with E-state index in [9.17, 15) is 8.78 Å². The predicted molar refractivity (Wildman–Crippen MR) is 79.9 cm³/mol. The summed E-state index contributed by atoms with van der Waals surface area (Å²) in [5.41, 5.74) is 6.46. The van der Waals surface area contributed by atoms with E-state index in [-0.39, 0.29) is 22.4 Å². The van der Waals surface area contributed by atoms with E-state index < -0.39 is 12.5 Å². The Kier molecular flexibility index (Phi) is 4.80. The maximum absolute atomic E-state index is 14.0. The molecule has 0 heterocycles. The van der Waals surface area contributed by atoms with Crippen molar-refractivity contribution in [3.63, 3.8) is 0 Å². The number of ether oxygens (including phenoxy) is 1.